The molecule has 2 aromatic rings. The number of nitrogens with zero attached hydrogens (tertiary/aromatic N) is 1. The maximum absolute atomic E-state index is 12.4. The van der Waals surface area contributed by atoms with Crippen LogP contribution in [0, 0.1) is 5.92 Å². The second-order valence-corrected chi connectivity index (χ2v) is 7.42. The maximum atomic E-state index is 12.4. The molecule has 1 aliphatic heterocycles. The predicted octanol–water partition coefficient (Wildman–Crippen LogP) is 3.83. The van der Waals surface area contributed by atoms with Crippen LogP contribution < -0.4 is 5.32 Å². The summed E-state index contributed by atoms with van der Waals surface area (Å²) in [5.74, 6) is 0.230. The third kappa shape index (κ3) is 5.83. The smallest absolute Gasteiger partial charge is 0.223 e. The number of halogens is 1. The number of rotatable bonds is 6. The van der Waals surface area contributed by atoms with E-state index >= 15 is 0 Å². The zero-order chi connectivity index (χ0) is 19.1. The van der Waals surface area contributed by atoms with Gasteiger partial charge in [-0.3, -0.25) is 9.59 Å². The highest BCUT2D eigenvalue weighted by atomic mass is 35.5. The van der Waals surface area contributed by atoms with E-state index in [0.717, 1.165) is 24.0 Å². The molecule has 0 bridgehead atoms. The number of aryl methyl sites for hydroxylation is 1. The first-order valence-electron chi connectivity index (χ1n) is 9.45. The Labute approximate surface area is 165 Å². The highest BCUT2D eigenvalue weighted by Crippen LogP contribution is 2.19. The zero-order valence-corrected chi connectivity index (χ0v) is 16.1. The summed E-state index contributed by atoms with van der Waals surface area (Å²) in [6.07, 6.45) is 2.62. The summed E-state index contributed by atoms with van der Waals surface area (Å²) in [6, 6.07) is 17.5. The fourth-order valence-electron chi connectivity index (χ4n) is 3.42. The first-order chi connectivity index (χ1) is 13.1. The van der Waals surface area contributed by atoms with E-state index in [2.05, 4.69) is 5.32 Å². The number of hydrogen-bond acceptors (Lipinski definition) is 2. The third-order valence-corrected chi connectivity index (χ3v) is 5.28. The highest BCUT2D eigenvalue weighted by Gasteiger charge is 2.26. The van der Waals surface area contributed by atoms with Gasteiger partial charge in [-0.15, -0.1) is 0 Å². The van der Waals surface area contributed by atoms with Crippen molar-refractivity contribution in [1.82, 2.24) is 10.2 Å². The number of hydrogen-bond donors (Lipinski definition) is 1. The lowest BCUT2D eigenvalue weighted by molar-refractivity contribution is -0.135. The molecule has 0 saturated carbocycles. The van der Waals surface area contributed by atoms with Gasteiger partial charge in [0.1, 0.15) is 0 Å². The molecule has 0 atom stereocenters. The van der Waals surface area contributed by atoms with Crippen LogP contribution in [0.2, 0.25) is 5.02 Å². The quantitative estimate of drug-likeness (QED) is 0.822. The van der Waals surface area contributed by atoms with E-state index in [1.54, 1.807) is 0 Å². The van der Waals surface area contributed by atoms with E-state index in [0.29, 0.717) is 37.5 Å². The van der Waals surface area contributed by atoms with E-state index in [9.17, 15) is 9.59 Å². The van der Waals surface area contributed by atoms with Crippen molar-refractivity contribution in [2.75, 3.05) is 13.1 Å². The van der Waals surface area contributed by atoms with Crippen molar-refractivity contribution >= 4 is 23.4 Å². The molecule has 2 aromatic carbocycles. The number of benzene rings is 2. The van der Waals surface area contributed by atoms with Crippen molar-refractivity contribution in [3.8, 4) is 0 Å². The van der Waals surface area contributed by atoms with Gasteiger partial charge in [-0.25, -0.2) is 0 Å². The molecule has 5 heteroatoms. The Morgan fingerprint density at radius 3 is 2.41 bits per heavy atom. The van der Waals surface area contributed by atoms with Crippen LogP contribution >= 0.6 is 11.6 Å². The molecule has 4 nitrogen and oxygen atoms in total. The first kappa shape index (κ1) is 19.4. The SMILES string of the molecule is O=C(NCc1ccccc1)C1CCN(C(=O)CCc2cccc(Cl)c2)CC1. The van der Waals surface area contributed by atoms with Gasteiger partial charge >= 0.3 is 0 Å². The molecular weight excluding hydrogens is 360 g/mol. The van der Waals surface area contributed by atoms with Gasteiger partial charge in [0, 0.05) is 37.0 Å². The number of carbonyl (C=O) groups is 2. The fourth-order valence-corrected chi connectivity index (χ4v) is 3.64. The van der Waals surface area contributed by atoms with Crippen LogP contribution in [0.3, 0.4) is 0 Å². The van der Waals surface area contributed by atoms with Crippen LogP contribution in [0.25, 0.3) is 0 Å². The van der Waals surface area contributed by atoms with Crippen LogP contribution in [-0.4, -0.2) is 29.8 Å². The van der Waals surface area contributed by atoms with Crippen LogP contribution in [0.5, 0.6) is 0 Å². The maximum Gasteiger partial charge on any atom is 0.223 e. The van der Waals surface area contributed by atoms with Crippen LogP contribution in [0.15, 0.2) is 54.6 Å². The summed E-state index contributed by atoms with van der Waals surface area (Å²) in [5.41, 5.74) is 2.17. The molecule has 0 unspecified atom stereocenters. The Kier molecular flexibility index (Phi) is 6.88. The van der Waals surface area contributed by atoms with Gasteiger partial charge in [-0.2, -0.15) is 0 Å². The molecule has 1 aliphatic rings. The number of likely N-dealkylation sites (tertiary alicyclic amines) is 1. The molecule has 3 rings (SSSR count). The van der Waals surface area contributed by atoms with E-state index in [1.165, 1.54) is 0 Å². The van der Waals surface area contributed by atoms with Crippen molar-refractivity contribution in [2.24, 2.45) is 5.92 Å². The Bertz CT molecular complexity index is 771. The van der Waals surface area contributed by atoms with Gasteiger partial charge in [0.15, 0.2) is 0 Å². The summed E-state index contributed by atoms with van der Waals surface area (Å²) in [7, 11) is 0. The third-order valence-electron chi connectivity index (χ3n) is 5.04. The molecule has 0 aromatic heterocycles. The fraction of sp³-hybridized carbons (Fsp3) is 0.364. The summed E-state index contributed by atoms with van der Waals surface area (Å²) in [6.45, 7) is 1.86. The Balaban J connectivity index is 1.40. The highest BCUT2D eigenvalue weighted by molar-refractivity contribution is 6.30. The summed E-state index contributed by atoms with van der Waals surface area (Å²) in [4.78, 5) is 26.7. The minimum absolute atomic E-state index is 0.00862. The predicted molar refractivity (Wildman–Crippen MR) is 107 cm³/mol. The molecule has 1 N–H and O–H groups in total. The molecule has 1 heterocycles. The molecule has 0 spiro atoms. The number of nitrogens with one attached hydrogen (secondary N) is 1. The van der Waals surface area contributed by atoms with Gasteiger partial charge in [0.2, 0.25) is 11.8 Å². The molecule has 2 amide bonds. The first-order valence-corrected chi connectivity index (χ1v) is 9.83. The molecule has 27 heavy (non-hydrogen) atoms. The molecule has 1 saturated heterocycles. The van der Waals surface area contributed by atoms with E-state index < -0.39 is 0 Å². The van der Waals surface area contributed by atoms with Gasteiger partial charge in [-0.1, -0.05) is 54.1 Å². The molecule has 142 valence electrons. The standard InChI is InChI=1S/C22H25ClN2O2/c23-20-8-4-7-17(15-20)9-10-21(26)25-13-11-19(12-14-25)22(27)24-16-18-5-2-1-3-6-18/h1-8,15,19H,9-14,16H2,(H,24,27). The van der Waals surface area contributed by atoms with Crippen molar-refractivity contribution < 1.29 is 9.59 Å². The average molecular weight is 385 g/mol. The van der Waals surface area contributed by atoms with E-state index in [-0.39, 0.29) is 17.7 Å². The second-order valence-electron chi connectivity index (χ2n) is 6.99. The van der Waals surface area contributed by atoms with Crippen molar-refractivity contribution in [3.63, 3.8) is 0 Å². The summed E-state index contributed by atoms with van der Waals surface area (Å²) >= 11 is 5.99. The molecule has 1 fully saturated rings. The largest absolute Gasteiger partial charge is 0.352 e. The lowest BCUT2D eigenvalue weighted by atomic mass is 9.95. The van der Waals surface area contributed by atoms with E-state index in [4.69, 9.17) is 11.6 Å². The van der Waals surface area contributed by atoms with E-state index in [1.807, 2.05) is 59.5 Å². The Morgan fingerprint density at radius 2 is 1.70 bits per heavy atom. The second kappa shape index (κ2) is 9.56. The monoisotopic (exact) mass is 384 g/mol. The van der Waals surface area contributed by atoms with Crippen molar-refractivity contribution in [3.05, 3.63) is 70.7 Å². The summed E-state index contributed by atoms with van der Waals surface area (Å²) in [5, 5.41) is 3.71. The molecule has 0 radical (unpaired) electrons. The topological polar surface area (TPSA) is 49.4 Å². The number of piperidine rings is 1. The molecule has 0 aliphatic carbocycles. The minimum Gasteiger partial charge on any atom is -0.352 e. The van der Waals surface area contributed by atoms with Crippen molar-refractivity contribution in [1.29, 1.82) is 0 Å². The molecular formula is C22H25ClN2O2. The van der Waals surface area contributed by atoms with Gasteiger partial charge in [0.25, 0.3) is 0 Å². The summed E-state index contributed by atoms with van der Waals surface area (Å²) < 4.78 is 0. The van der Waals surface area contributed by atoms with Gasteiger partial charge in [-0.05, 0) is 42.5 Å². The Hall–Kier alpha value is -2.33. The van der Waals surface area contributed by atoms with Gasteiger partial charge in [0.05, 0.1) is 0 Å². The zero-order valence-electron chi connectivity index (χ0n) is 15.4. The minimum atomic E-state index is -0.00862. The Morgan fingerprint density at radius 1 is 1.00 bits per heavy atom. The average Bonchev–Trinajstić information content (AvgIpc) is 2.71. The number of carbonyl (C=O) groups excluding carboxylic acids is 2. The van der Waals surface area contributed by atoms with Crippen molar-refractivity contribution in [2.45, 2.75) is 32.2 Å². The number of amides is 2. The van der Waals surface area contributed by atoms with Crippen LogP contribution in [0.4, 0.5) is 0 Å². The van der Waals surface area contributed by atoms with Gasteiger partial charge < -0.3 is 10.2 Å². The van der Waals surface area contributed by atoms with Crippen LogP contribution in [-0.2, 0) is 22.6 Å². The van der Waals surface area contributed by atoms with Crippen LogP contribution in [0.1, 0.15) is 30.4 Å². The lowest BCUT2D eigenvalue weighted by Crippen LogP contribution is -2.43. The normalized spacial score (nSPS) is 14.8. The lowest BCUT2D eigenvalue weighted by Gasteiger charge is -2.31.